The fraction of sp³-hybridized carbons (Fsp3) is 0.579. The highest BCUT2D eigenvalue weighted by Crippen LogP contribution is 2.60. The van der Waals surface area contributed by atoms with Crippen molar-refractivity contribution in [3.05, 3.63) is 29.8 Å². The van der Waals surface area contributed by atoms with Gasteiger partial charge in [0.05, 0.1) is 11.3 Å². The Morgan fingerprint density at radius 3 is 2.17 bits per heavy atom. The molecule has 0 saturated heterocycles. The molecule has 0 amide bonds. The van der Waals surface area contributed by atoms with E-state index >= 15 is 0 Å². The molecule has 0 aromatic heterocycles. The van der Waals surface area contributed by atoms with Crippen LogP contribution < -0.4 is 0 Å². The lowest BCUT2D eigenvalue weighted by Gasteiger charge is -2.56. The number of carbonyl (C=O) groups is 2. The Balaban J connectivity index is 1.48. The van der Waals surface area contributed by atoms with Gasteiger partial charge in [-0.05, 0) is 68.4 Å². The summed E-state index contributed by atoms with van der Waals surface area (Å²) in [5, 5.41) is 9.26. The summed E-state index contributed by atoms with van der Waals surface area (Å²) in [6.07, 6.45) is 7.25. The van der Waals surface area contributed by atoms with Crippen LogP contribution in [0.3, 0.4) is 0 Å². The second-order valence-electron chi connectivity index (χ2n) is 7.71. The first-order chi connectivity index (χ1) is 11.1. The number of benzene rings is 1. The van der Waals surface area contributed by atoms with Crippen LogP contribution in [-0.4, -0.2) is 22.6 Å². The first-order valence-electron chi connectivity index (χ1n) is 8.54. The molecule has 0 spiro atoms. The van der Waals surface area contributed by atoms with E-state index in [1.807, 2.05) is 6.07 Å². The molecule has 4 bridgehead atoms. The van der Waals surface area contributed by atoms with Crippen LogP contribution in [0.2, 0.25) is 0 Å². The third kappa shape index (κ3) is 2.71. The van der Waals surface area contributed by atoms with Crippen molar-refractivity contribution < 1.29 is 14.7 Å². The van der Waals surface area contributed by atoms with E-state index in [0.29, 0.717) is 22.0 Å². The van der Waals surface area contributed by atoms with Crippen molar-refractivity contribution in [2.45, 2.75) is 43.4 Å². The van der Waals surface area contributed by atoms with Gasteiger partial charge in [-0.15, -0.1) is 11.8 Å². The van der Waals surface area contributed by atoms with Gasteiger partial charge < -0.3 is 5.11 Å². The molecular weight excluding hydrogens is 308 g/mol. The summed E-state index contributed by atoms with van der Waals surface area (Å²) in [5.74, 6) is 2.15. The normalized spacial score (nSPS) is 34.5. The summed E-state index contributed by atoms with van der Waals surface area (Å²) in [6.45, 7) is 0. The van der Waals surface area contributed by atoms with E-state index in [2.05, 4.69) is 0 Å². The minimum Gasteiger partial charge on any atom is -0.478 e. The molecule has 1 N–H and O–H groups in total. The third-order valence-corrected chi connectivity index (χ3v) is 7.18. The van der Waals surface area contributed by atoms with Crippen LogP contribution in [0, 0.1) is 23.2 Å². The quantitative estimate of drug-likeness (QED) is 0.820. The molecule has 0 radical (unpaired) electrons. The largest absolute Gasteiger partial charge is 0.478 e. The summed E-state index contributed by atoms with van der Waals surface area (Å²) >= 11 is 1.40. The third-order valence-electron chi connectivity index (χ3n) is 6.11. The molecule has 3 nitrogen and oxygen atoms in total. The Kier molecular flexibility index (Phi) is 3.75. The van der Waals surface area contributed by atoms with Crippen LogP contribution in [0.1, 0.15) is 48.9 Å². The number of ketones is 1. The van der Waals surface area contributed by atoms with Gasteiger partial charge in [0.2, 0.25) is 0 Å². The van der Waals surface area contributed by atoms with Gasteiger partial charge in [0, 0.05) is 10.3 Å². The molecular formula is C19H22O3S. The monoisotopic (exact) mass is 330 g/mol. The lowest BCUT2D eigenvalue weighted by atomic mass is 9.48. The van der Waals surface area contributed by atoms with Crippen LogP contribution in [-0.2, 0) is 4.79 Å². The maximum absolute atomic E-state index is 13.0. The maximum atomic E-state index is 13.0. The fourth-order valence-electron chi connectivity index (χ4n) is 5.52. The van der Waals surface area contributed by atoms with Gasteiger partial charge in [0.15, 0.2) is 0 Å². The van der Waals surface area contributed by atoms with E-state index in [-0.39, 0.29) is 5.41 Å². The summed E-state index contributed by atoms with van der Waals surface area (Å²) in [4.78, 5) is 25.0. The number of rotatable bonds is 5. The summed E-state index contributed by atoms with van der Waals surface area (Å²) in [5.41, 5.74) is 0.218. The molecule has 0 atom stereocenters. The second kappa shape index (κ2) is 5.66. The summed E-state index contributed by atoms with van der Waals surface area (Å²) < 4.78 is 0. The molecule has 4 saturated carbocycles. The summed E-state index contributed by atoms with van der Waals surface area (Å²) in [6, 6.07) is 6.99. The maximum Gasteiger partial charge on any atom is 0.336 e. The molecule has 4 fully saturated rings. The Labute approximate surface area is 140 Å². The molecule has 1 aromatic rings. The molecule has 4 aliphatic carbocycles. The van der Waals surface area contributed by atoms with Crippen LogP contribution >= 0.6 is 11.8 Å². The highest BCUT2D eigenvalue weighted by atomic mass is 32.2. The smallest absolute Gasteiger partial charge is 0.336 e. The lowest BCUT2D eigenvalue weighted by Crippen LogP contribution is -2.50. The van der Waals surface area contributed by atoms with Crippen LogP contribution in [0.25, 0.3) is 0 Å². The number of aromatic carboxylic acids is 1. The van der Waals surface area contributed by atoms with Gasteiger partial charge in [-0.1, -0.05) is 12.1 Å². The Hall–Kier alpha value is -1.29. The van der Waals surface area contributed by atoms with Gasteiger partial charge in [-0.25, -0.2) is 4.79 Å². The van der Waals surface area contributed by atoms with Gasteiger partial charge in [0.25, 0.3) is 0 Å². The second-order valence-corrected chi connectivity index (χ2v) is 8.73. The average molecular weight is 330 g/mol. The van der Waals surface area contributed by atoms with Gasteiger partial charge in [-0.2, -0.15) is 0 Å². The van der Waals surface area contributed by atoms with Crippen molar-refractivity contribution in [3.63, 3.8) is 0 Å². The zero-order valence-electron chi connectivity index (χ0n) is 13.2. The number of carbonyl (C=O) groups excluding carboxylic acids is 1. The molecule has 1 aromatic carbocycles. The standard InChI is InChI=1S/C19H22O3S/c20-17(11-23-16-4-2-1-3-15(16)18(21)22)19-8-12-5-13(9-19)7-14(6-12)10-19/h1-4,12-14H,5-11H2,(H,21,22). The predicted molar refractivity (Wildman–Crippen MR) is 89.7 cm³/mol. The molecule has 122 valence electrons. The topological polar surface area (TPSA) is 54.4 Å². The van der Waals surface area contributed by atoms with Gasteiger partial charge in [-0.3, -0.25) is 4.79 Å². The number of Topliss-reactive ketones (excluding diaryl/α,β-unsaturated/α-hetero) is 1. The van der Waals surface area contributed by atoms with E-state index in [4.69, 9.17) is 0 Å². The van der Waals surface area contributed by atoms with E-state index < -0.39 is 5.97 Å². The van der Waals surface area contributed by atoms with Crippen molar-refractivity contribution in [2.24, 2.45) is 23.2 Å². The van der Waals surface area contributed by atoms with Crippen LogP contribution in [0.5, 0.6) is 0 Å². The first-order valence-corrected chi connectivity index (χ1v) is 9.53. The average Bonchev–Trinajstić information content (AvgIpc) is 2.51. The SMILES string of the molecule is O=C(O)c1ccccc1SCC(=O)C12CC3CC(CC(C3)C1)C2. The Morgan fingerprint density at radius 2 is 1.61 bits per heavy atom. The van der Waals surface area contributed by atoms with Crippen LogP contribution in [0.15, 0.2) is 29.2 Å². The van der Waals surface area contributed by atoms with Crippen molar-refractivity contribution in [1.29, 1.82) is 0 Å². The number of hydrogen-bond donors (Lipinski definition) is 1. The fourth-order valence-corrected chi connectivity index (χ4v) is 6.60. The number of thioether (sulfide) groups is 1. The van der Waals surface area contributed by atoms with E-state index in [0.717, 1.165) is 37.0 Å². The zero-order chi connectivity index (χ0) is 16.0. The molecule has 23 heavy (non-hydrogen) atoms. The number of carboxylic acid groups (broad SMARTS) is 1. The highest BCUT2D eigenvalue weighted by molar-refractivity contribution is 8.00. The summed E-state index contributed by atoms with van der Waals surface area (Å²) in [7, 11) is 0. The minimum absolute atomic E-state index is 0.0834. The van der Waals surface area contributed by atoms with Crippen molar-refractivity contribution in [2.75, 3.05) is 5.75 Å². The molecule has 0 unspecified atom stereocenters. The molecule has 4 aliphatic rings. The number of carboxylic acids is 1. The van der Waals surface area contributed by atoms with Crippen molar-refractivity contribution in [3.8, 4) is 0 Å². The van der Waals surface area contributed by atoms with E-state index in [1.54, 1.807) is 18.2 Å². The van der Waals surface area contributed by atoms with Crippen LogP contribution in [0.4, 0.5) is 0 Å². The van der Waals surface area contributed by atoms with E-state index in [9.17, 15) is 14.7 Å². The van der Waals surface area contributed by atoms with Crippen molar-refractivity contribution >= 4 is 23.5 Å². The Morgan fingerprint density at radius 1 is 1.04 bits per heavy atom. The lowest BCUT2D eigenvalue weighted by molar-refractivity contribution is -0.141. The molecule has 5 rings (SSSR count). The van der Waals surface area contributed by atoms with E-state index in [1.165, 1.54) is 31.0 Å². The Bertz CT molecular complexity index is 616. The molecule has 0 aliphatic heterocycles. The minimum atomic E-state index is -0.921. The number of hydrogen-bond acceptors (Lipinski definition) is 3. The molecule has 0 heterocycles. The zero-order valence-corrected chi connectivity index (χ0v) is 14.0. The molecule has 4 heteroatoms. The highest BCUT2D eigenvalue weighted by Gasteiger charge is 2.54. The van der Waals surface area contributed by atoms with Crippen molar-refractivity contribution in [1.82, 2.24) is 0 Å². The van der Waals surface area contributed by atoms with Gasteiger partial charge in [0.1, 0.15) is 5.78 Å². The predicted octanol–water partition coefficient (Wildman–Crippen LogP) is 4.26. The first kappa shape index (κ1) is 15.3. The van der Waals surface area contributed by atoms with Gasteiger partial charge >= 0.3 is 5.97 Å².